The van der Waals surface area contributed by atoms with Crippen LogP contribution in [0.25, 0.3) is 0 Å². The van der Waals surface area contributed by atoms with Gasteiger partial charge in [-0.2, -0.15) is 0 Å². The zero-order chi connectivity index (χ0) is 10.4. The lowest BCUT2D eigenvalue weighted by atomic mass is 10.3. The third-order valence-corrected chi connectivity index (χ3v) is 1.98. The number of hydrogen-bond acceptors (Lipinski definition) is 3. The van der Waals surface area contributed by atoms with Gasteiger partial charge < -0.3 is 10.6 Å². The van der Waals surface area contributed by atoms with Gasteiger partial charge in [0.1, 0.15) is 0 Å². The van der Waals surface area contributed by atoms with Gasteiger partial charge in [0, 0.05) is 0 Å². The molecule has 0 saturated heterocycles. The van der Waals surface area contributed by atoms with E-state index in [1.165, 1.54) is 6.08 Å². The molecular formula is C9H19N3O. The van der Waals surface area contributed by atoms with Crippen LogP contribution in [-0.4, -0.2) is 42.6 Å². The topological polar surface area (TPSA) is 49.6 Å². The maximum Gasteiger partial charge on any atom is 0.248 e. The normalized spacial score (nSPS) is 12.7. The molecule has 0 heterocycles. The van der Waals surface area contributed by atoms with Gasteiger partial charge in [0.2, 0.25) is 5.91 Å². The summed E-state index contributed by atoms with van der Waals surface area (Å²) in [5.41, 5.74) is 5.49. The van der Waals surface area contributed by atoms with E-state index in [-0.39, 0.29) is 18.7 Å². The molecule has 4 heteroatoms. The Balaban J connectivity index is 4.51. The molecule has 2 N–H and O–H groups in total. The van der Waals surface area contributed by atoms with Gasteiger partial charge in [-0.25, -0.2) is 0 Å². The first-order valence-electron chi connectivity index (χ1n) is 4.38. The van der Waals surface area contributed by atoms with E-state index in [0.29, 0.717) is 0 Å². The molecule has 13 heavy (non-hydrogen) atoms. The Morgan fingerprint density at radius 2 is 2.15 bits per heavy atom. The molecule has 0 aliphatic rings. The molecule has 0 aromatic carbocycles. The van der Waals surface area contributed by atoms with Gasteiger partial charge in [-0.1, -0.05) is 13.5 Å². The van der Waals surface area contributed by atoms with Crippen molar-refractivity contribution in [2.24, 2.45) is 5.73 Å². The number of amides is 1. The van der Waals surface area contributed by atoms with Crippen LogP contribution in [0, 0.1) is 0 Å². The van der Waals surface area contributed by atoms with E-state index in [0.717, 1.165) is 6.42 Å². The monoisotopic (exact) mass is 185 g/mol. The molecule has 0 spiro atoms. The SMILES string of the molecule is C=CC(=O)N(CN)C(CC)N(C)C. The number of rotatable bonds is 5. The van der Waals surface area contributed by atoms with E-state index in [4.69, 9.17) is 5.73 Å². The number of nitrogens with zero attached hydrogens (tertiary/aromatic N) is 2. The lowest BCUT2D eigenvalue weighted by Crippen LogP contribution is -2.49. The lowest BCUT2D eigenvalue weighted by molar-refractivity contribution is -0.131. The second-order valence-corrected chi connectivity index (χ2v) is 3.05. The Bertz CT molecular complexity index is 180. The van der Waals surface area contributed by atoms with Gasteiger partial charge in [0.15, 0.2) is 0 Å². The summed E-state index contributed by atoms with van der Waals surface area (Å²) >= 11 is 0. The summed E-state index contributed by atoms with van der Waals surface area (Å²) in [5.74, 6) is -0.122. The highest BCUT2D eigenvalue weighted by Gasteiger charge is 2.20. The third kappa shape index (κ3) is 3.16. The first kappa shape index (κ1) is 12.1. The van der Waals surface area contributed by atoms with Gasteiger partial charge >= 0.3 is 0 Å². The summed E-state index contributed by atoms with van der Waals surface area (Å²) in [5, 5.41) is 0. The fraction of sp³-hybridized carbons (Fsp3) is 0.667. The highest BCUT2D eigenvalue weighted by molar-refractivity contribution is 5.87. The fourth-order valence-corrected chi connectivity index (χ4v) is 1.34. The second kappa shape index (κ2) is 5.72. The van der Waals surface area contributed by atoms with Crippen molar-refractivity contribution in [1.29, 1.82) is 0 Å². The fourth-order valence-electron chi connectivity index (χ4n) is 1.34. The van der Waals surface area contributed by atoms with E-state index in [9.17, 15) is 4.79 Å². The molecule has 0 aromatic rings. The molecule has 0 saturated carbocycles. The van der Waals surface area contributed by atoms with Crippen LogP contribution in [0.5, 0.6) is 0 Å². The molecule has 0 aliphatic carbocycles. The number of carbonyl (C=O) groups excluding carboxylic acids is 1. The molecule has 0 radical (unpaired) electrons. The lowest BCUT2D eigenvalue weighted by Gasteiger charge is -2.33. The van der Waals surface area contributed by atoms with E-state index < -0.39 is 0 Å². The largest absolute Gasteiger partial charge is 0.314 e. The summed E-state index contributed by atoms with van der Waals surface area (Å²) in [6.07, 6.45) is 2.19. The molecule has 4 nitrogen and oxygen atoms in total. The molecule has 1 amide bonds. The molecule has 0 aliphatic heterocycles. The number of carbonyl (C=O) groups is 1. The Labute approximate surface area is 80.0 Å². The minimum absolute atomic E-state index is 0.0514. The van der Waals surface area contributed by atoms with Crippen molar-refractivity contribution in [3.8, 4) is 0 Å². The van der Waals surface area contributed by atoms with Crippen molar-refractivity contribution in [3.63, 3.8) is 0 Å². The Morgan fingerprint density at radius 3 is 2.38 bits per heavy atom. The second-order valence-electron chi connectivity index (χ2n) is 3.05. The summed E-state index contributed by atoms with van der Waals surface area (Å²) in [6.45, 7) is 5.68. The van der Waals surface area contributed by atoms with Crippen LogP contribution in [0.2, 0.25) is 0 Å². The van der Waals surface area contributed by atoms with Crippen molar-refractivity contribution in [2.45, 2.75) is 19.5 Å². The molecule has 76 valence electrons. The van der Waals surface area contributed by atoms with E-state index in [1.807, 2.05) is 25.9 Å². The van der Waals surface area contributed by atoms with E-state index in [1.54, 1.807) is 4.90 Å². The van der Waals surface area contributed by atoms with Gasteiger partial charge in [-0.05, 0) is 26.6 Å². The van der Waals surface area contributed by atoms with Crippen LogP contribution >= 0.6 is 0 Å². The third-order valence-electron chi connectivity index (χ3n) is 1.98. The Hall–Kier alpha value is -0.870. The predicted octanol–water partition coefficient (Wildman–Crippen LogP) is 0.215. The van der Waals surface area contributed by atoms with Crippen LogP contribution in [-0.2, 0) is 4.79 Å². The van der Waals surface area contributed by atoms with Gasteiger partial charge in [-0.15, -0.1) is 0 Å². The highest BCUT2D eigenvalue weighted by Crippen LogP contribution is 2.05. The summed E-state index contributed by atoms with van der Waals surface area (Å²) in [6, 6.07) is 0. The number of hydrogen-bond donors (Lipinski definition) is 1. The molecule has 0 aromatic heterocycles. The Morgan fingerprint density at radius 1 is 1.62 bits per heavy atom. The van der Waals surface area contributed by atoms with Crippen LogP contribution in [0.1, 0.15) is 13.3 Å². The molecule has 1 atom stereocenters. The molecule has 0 fully saturated rings. The van der Waals surface area contributed by atoms with Crippen LogP contribution in [0.4, 0.5) is 0 Å². The molecule has 0 rings (SSSR count). The predicted molar refractivity (Wildman–Crippen MR) is 53.9 cm³/mol. The van der Waals surface area contributed by atoms with Crippen molar-refractivity contribution in [3.05, 3.63) is 12.7 Å². The highest BCUT2D eigenvalue weighted by atomic mass is 16.2. The van der Waals surface area contributed by atoms with Crippen molar-refractivity contribution in [2.75, 3.05) is 20.8 Å². The maximum absolute atomic E-state index is 11.3. The number of nitrogens with two attached hydrogens (primary N) is 1. The average molecular weight is 185 g/mol. The molecule has 1 unspecified atom stereocenters. The van der Waals surface area contributed by atoms with E-state index >= 15 is 0 Å². The summed E-state index contributed by atoms with van der Waals surface area (Å²) in [4.78, 5) is 14.9. The van der Waals surface area contributed by atoms with Crippen LogP contribution < -0.4 is 5.73 Å². The van der Waals surface area contributed by atoms with Gasteiger partial charge in [0.25, 0.3) is 0 Å². The zero-order valence-corrected chi connectivity index (χ0v) is 8.66. The standard InChI is InChI=1S/C9H19N3O/c1-5-8(11(3)4)12(7-10)9(13)6-2/h6,8H,2,5,7,10H2,1,3-4H3. The molecular weight excluding hydrogens is 166 g/mol. The minimum Gasteiger partial charge on any atom is -0.314 e. The first-order valence-corrected chi connectivity index (χ1v) is 4.38. The first-order chi connectivity index (χ1) is 6.08. The van der Waals surface area contributed by atoms with Crippen LogP contribution in [0.15, 0.2) is 12.7 Å². The zero-order valence-electron chi connectivity index (χ0n) is 8.66. The summed E-state index contributed by atoms with van der Waals surface area (Å²) < 4.78 is 0. The average Bonchev–Trinajstić information content (AvgIpc) is 2.12. The molecule has 0 bridgehead atoms. The Kier molecular flexibility index (Phi) is 5.34. The van der Waals surface area contributed by atoms with Gasteiger partial charge in [0.05, 0.1) is 12.8 Å². The van der Waals surface area contributed by atoms with Crippen molar-refractivity contribution < 1.29 is 4.79 Å². The maximum atomic E-state index is 11.3. The quantitative estimate of drug-likeness (QED) is 0.492. The summed E-state index contributed by atoms with van der Waals surface area (Å²) in [7, 11) is 3.85. The van der Waals surface area contributed by atoms with Crippen molar-refractivity contribution >= 4 is 5.91 Å². The smallest absolute Gasteiger partial charge is 0.248 e. The van der Waals surface area contributed by atoms with Gasteiger partial charge in [-0.3, -0.25) is 9.69 Å². The minimum atomic E-state index is -0.122. The van der Waals surface area contributed by atoms with Crippen molar-refractivity contribution in [1.82, 2.24) is 9.80 Å². The van der Waals surface area contributed by atoms with E-state index in [2.05, 4.69) is 6.58 Å². The van der Waals surface area contributed by atoms with Crippen LogP contribution in [0.3, 0.4) is 0 Å².